The summed E-state index contributed by atoms with van der Waals surface area (Å²) in [6, 6.07) is 9.11. The highest BCUT2D eigenvalue weighted by atomic mass is 79.9. The van der Waals surface area contributed by atoms with Crippen LogP contribution in [0.1, 0.15) is 15.2 Å². The fraction of sp³-hybridized carbons (Fsp3) is 0.0769. The number of nitriles is 1. The van der Waals surface area contributed by atoms with Gasteiger partial charge in [0.15, 0.2) is 18.2 Å². The number of rotatable bonds is 4. The summed E-state index contributed by atoms with van der Waals surface area (Å²) in [5.41, 5.74) is 0.207. The molecule has 19 heavy (non-hydrogen) atoms. The number of carbonyl (C=O) groups is 1. The Labute approximate surface area is 121 Å². The molecular formula is C13H7BrFNO2S. The van der Waals surface area contributed by atoms with Crippen LogP contribution in [0, 0.1) is 17.1 Å². The Balaban J connectivity index is 2.03. The number of ketones is 1. The summed E-state index contributed by atoms with van der Waals surface area (Å²) in [5.74, 6) is -0.915. The Morgan fingerprint density at radius 2 is 2.21 bits per heavy atom. The van der Waals surface area contributed by atoms with Crippen LogP contribution in [0.15, 0.2) is 34.1 Å². The molecule has 0 unspecified atom stereocenters. The second-order valence-corrected chi connectivity index (χ2v) is 6.04. The van der Waals surface area contributed by atoms with Crippen LogP contribution in [0.4, 0.5) is 4.39 Å². The normalized spacial score (nSPS) is 9.95. The standard InChI is InChI=1S/C13H7BrFNO2S/c14-13-4-3-12(19-13)10(17)7-18-11-2-1-8(6-16)5-9(11)15/h1-5H,7H2. The van der Waals surface area contributed by atoms with Crippen molar-refractivity contribution in [3.05, 3.63) is 50.4 Å². The van der Waals surface area contributed by atoms with Gasteiger partial charge in [-0.1, -0.05) is 0 Å². The van der Waals surface area contributed by atoms with Crippen molar-refractivity contribution in [1.29, 1.82) is 5.26 Å². The van der Waals surface area contributed by atoms with E-state index < -0.39 is 5.82 Å². The van der Waals surface area contributed by atoms with Gasteiger partial charge in [-0.15, -0.1) is 11.3 Å². The second-order valence-electron chi connectivity index (χ2n) is 3.57. The lowest BCUT2D eigenvalue weighted by atomic mass is 10.2. The van der Waals surface area contributed by atoms with Crippen molar-refractivity contribution in [1.82, 2.24) is 0 Å². The first-order valence-corrected chi connectivity index (χ1v) is 6.82. The van der Waals surface area contributed by atoms with Crippen molar-refractivity contribution >= 4 is 33.0 Å². The van der Waals surface area contributed by atoms with Crippen LogP contribution in [0.5, 0.6) is 5.75 Å². The zero-order valence-corrected chi connectivity index (χ0v) is 11.9. The number of halogens is 2. The van der Waals surface area contributed by atoms with Crippen LogP contribution in [-0.4, -0.2) is 12.4 Å². The molecule has 2 rings (SSSR count). The van der Waals surface area contributed by atoms with E-state index in [2.05, 4.69) is 15.9 Å². The molecule has 0 aliphatic rings. The predicted molar refractivity (Wildman–Crippen MR) is 73.0 cm³/mol. The Morgan fingerprint density at radius 1 is 1.42 bits per heavy atom. The van der Waals surface area contributed by atoms with Crippen molar-refractivity contribution in [2.75, 3.05) is 6.61 Å². The number of nitrogens with zero attached hydrogens (tertiary/aromatic N) is 1. The number of carbonyl (C=O) groups excluding carboxylic acids is 1. The van der Waals surface area contributed by atoms with Gasteiger partial charge < -0.3 is 4.74 Å². The van der Waals surface area contributed by atoms with Gasteiger partial charge in [-0.05, 0) is 46.3 Å². The number of benzene rings is 1. The van der Waals surface area contributed by atoms with E-state index >= 15 is 0 Å². The maximum Gasteiger partial charge on any atom is 0.210 e. The fourth-order valence-electron chi connectivity index (χ4n) is 1.37. The zero-order valence-electron chi connectivity index (χ0n) is 9.52. The molecule has 0 aliphatic heterocycles. The van der Waals surface area contributed by atoms with Gasteiger partial charge in [0.25, 0.3) is 0 Å². The molecule has 1 heterocycles. The minimum atomic E-state index is -0.654. The lowest BCUT2D eigenvalue weighted by Gasteiger charge is -2.05. The first-order chi connectivity index (χ1) is 9.10. The Kier molecular flexibility index (Phi) is 4.30. The monoisotopic (exact) mass is 339 g/mol. The van der Waals surface area contributed by atoms with Gasteiger partial charge in [0, 0.05) is 0 Å². The van der Waals surface area contributed by atoms with Crippen molar-refractivity contribution < 1.29 is 13.9 Å². The SMILES string of the molecule is N#Cc1ccc(OCC(=O)c2ccc(Br)s2)c(F)c1. The molecule has 96 valence electrons. The topological polar surface area (TPSA) is 50.1 Å². The van der Waals surface area contributed by atoms with E-state index in [4.69, 9.17) is 10.00 Å². The Hall–Kier alpha value is -1.71. The molecule has 0 aliphatic carbocycles. The molecule has 0 bridgehead atoms. The second kappa shape index (κ2) is 5.95. The van der Waals surface area contributed by atoms with E-state index in [0.717, 1.165) is 9.85 Å². The molecule has 6 heteroatoms. The van der Waals surface area contributed by atoms with E-state index in [9.17, 15) is 9.18 Å². The number of hydrogen-bond acceptors (Lipinski definition) is 4. The van der Waals surface area contributed by atoms with Gasteiger partial charge in [-0.25, -0.2) is 4.39 Å². The number of hydrogen-bond donors (Lipinski definition) is 0. The van der Waals surface area contributed by atoms with Crippen LogP contribution in [-0.2, 0) is 0 Å². The maximum absolute atomic E-state index is 13.5. The summed E-state index contributed by atoms with van der Waals surface area (Å²) in [5, 5.41) is 8.61. The predicted octanol–water partition coefficient (Wildman–Crippen LogP) is 3.78. The smallest absolute Gasteiger partial charge is 0.210 e. The lowest BCUT2D eigenvalue weighted by molar-refractivity contribution is 0.0923. The van der Waals surface area contributed by atoms with Crippen LogP contribution in [0.2, 0.25) is 0 Å². The van der Waals surface area contributed by atoms with Gasteiger partial charge in [0.1, 0.15) is 0 Å². The lowest BCUT2D eigenvalue weighted by Crippen LogP contribution is -2.10. The average Bonchev–Trinajstić information content (AvgIpc) is 2.83. The molecular weight excluding hydrogens is 333 g/mol. The van der Waals surface area contributed by atoms with Crippen molar-refractivity contribution in [2.24, 2.45) is 0 Å². The zero-order chi connectivity index (χ0) is 13.8. The third-order valence-corrected chi connectivity index (χ3v) is 3.93. The van der Waals surface area contributed by atoms with E-state index in [1.807, 2.05) is 6.07 Å². The molecule has 0 fully saturated rings. The van der Waals surface area contributed by atoms with Crippen LogP contribution < -0.4 is 4.74 Å². The van der Waals surface area contributed by atoms with Crippen molar-refractivity contribution in [2.45, 2.75) is 0 Å². The summed E-state index contributed by atoms with van der Waals surface area (Å²) in [6.07, 6.45) is 0. The molecule has 0 saturated heterocycles. The quantitative estimate of drug-likeness (QED) is 0.796. The van der Waals surface area contributed by atoms with Crippen LogP contribution >= 0.6 is 27.3 Å². The Morgan fingerprint density at radius 3 is 2.79 bits per heavy atom. The molecule has 3 nitrogen and oxygen atoms in total. The van der Waals surface area contributed by atoms with E-state index in [1.54, 1.807) is 12.1 Å². The molecule has 0 radical (unpaired) electrons. The molecule has 1 aromatic carbocycles. The third kappa shape index (κ3) is 3.40. The van der Waals surface area contributed by atoms with Gasteiger partial charge in [-0.3, -0.25) is 4.79 Å². The van der Waals surface area contributed by atoms with E-state index in [1.165, 1.54) is 23.5 Å². The van der Waals surface area contributed by atoms with Crippen LogP contribution in [0.25, 0.3) is 0 Å². The third-order valence-electron chi connectivity index (χ3n) is 2.27. The molecule has 0 N–H and O–H groups in total. The summed E-state index contributed by atoms with van der Waals surface area (Å²) >= 11 is 4.55. The van der Waals surface area contributed by atoms with E-state index in [0.29, 0.717) is 4.88 Å². The highest BCUT2D eigenvalue weighted by Crippen LogP contribution is 2.23. The molecule has 0 amide bonds. The summed E-state index contributed by atoms with van der Waals surface area (Å²) in [7, 11) is 0. The highest BCUT2D eigenvalue weighted by molar-refractivity contribution is 9.11. The Bertz CT molecular complexity index is 663. The highest BCUT2D eigenvalue weighted by Gasteiger charge is 2.11. The van der Waals surface area contributed by atoms with Gasteiger partial charge in [0.2, 0.25) is 5.78 Å². The number of thiophene rings is 1. The number of Topliss-reactive ketones (excluding diaryl/α,β-unsaturated/α-hetero) is 1. The van der Waals surface area contributed by atoms with Gasteiger partial charge in [0.05, 0.1) is 20.3 Å². The summed E-state index contributed by atoms with van der Waals surface area (Å²) < 4.78 is 19.5. The first-order valence-electron chi connectivity index (χ1n) is 5.21. The molecule has 1 aromatic heterocycles. The van der Waals surface area contributed by atoms with Gasteiger partial charge in [-0.2, -0.15) is 5.26 Å². The maximum atomic E-state index is 13.5. The van der Waals surface area contributed by atoms with Crippen molar-refractivity contribution in [3.63, 3.8) is 0 Å². The molecule has 0 atom stereocenters. The summed E-state index contributed by atoms with van der Waals surface area (Å²) in [6.45, 7) is -0.240. The van der Waals surface area contributed by atoms with Gasteiger partial charge >= 0.3 is 0 Å². The average molecular weight is 340 g/mol. The fourth-order valence-corrected chi connectivity index (χ4v) is 2.68. The minimum Gasteiger partial charge on any atom is -0.482 e. The summed E-state index contributed by atoms with van der Waals surface area (Å²) in [4.78, 5) is 12.3. The molecule has 2 aromatic rings. The number of ether oxygens (including phenoxy) is 1. The minimum absolute atomic E-state index is 0.0389. The largest absolute Gasteiger partial charge is 0.482 e. The van der Waals surface area contributed by atoms with Crippen LogP contribution in [0.3, 0.4) is 0 Å². The van der Waals surface area contributed by atoms with Crippen molar-refractivity contribution in [3.8, 4) is 11.8 Å². The first kappa shape index (κ1) is 13.7. The molecule has 0 saturated carbocycles. The van der Waals surface area contributed by atoms with E-state index in [-0.39, 0.29) is 23.7 Å². The molecule has 0 spiro atoms.